The summed E-state index contributed by atoms with van der Waals surface area (Å²) in [7, 11) is -27.4. The van der Waals surface area contributed by atoms with Crippen LogP contribution in [0.1, 0.15) is 70.1 Å². The quantitative estimate of drug-likeness (QED) is 0.0653. The summed E-state index contributed by atoms with van der Waals surface area (Å²) in [6.07, 6.45) is -12.7. The van der Waals surface area contributed by atoms with Crippen LogP contribution < -0.4 is 9.47 Å². The highest BCUT2D eigenvalue weighted by atomic mass is 32.2. The van der Waals surface area contributed by atoms with Crippen LogP contribution in [0.15, 0.2) is 102 Å². The molecule has 0 fully saturated rings. The molecule has 4 aromatic rings. The topological polar surface area (TPSA) is 270 Å². The Bertz CT molecular complexity index is 3010. The van der Waals surface area contributed by atoms with Crippen LogP contribution in [0.5, 0.6) is 17.2 Å². The molecule has 0 saturated heterocycles. The number of rotatable bonds is 15. The van der Waals surface area contributed by atoms with Gasteiger partial charge in [-0.15, -0.1) is 0 Å². The van der Waals surface area contributed by atoms with Crippen LogP contribution in [0.2, 0.25) is 0 Å². The summed E-state index contributed by atoms with van der Waals surface area (Å²) in [5.41, 5.74) is -10.7. The largest absolute Gasteiger partial charge is 0.486 e. The van der Waals surface area contributed by atoms with E-state index in [0.29, 0.717) is 30.7 Å². The van der Waals surface area contributed by atoms with Crippen molar-refractivity contribution in [2.24, 2.45) is 0 Å². The number of ether oxygens (including phenoxy) is 2. The van der Waals surface area contributed by atoms with E-state index in [1.54, 1.807) is 13.8 Å². The Labute approximate surface area is 357 Å². The summed E-state index contributed by atoms with van der Waals surface area (Å²) in [6, 6.07) is 3.72. The molecule has 4 rings (SSSR count). The van der Waals surface area contributed by atoms with Gasteiger partial charge < -0.3 is 9.47 Å². The average molecular weight is 999 g/mol. The van der Waals surface area contributed by atoms with E-state index in [2.05, 4.69) is 0 Å². The van der Waals surface area contributed by atoms with E-state index in [-0.39, 0.29) is 48.4 Å². The summed E-state index contributed by atoms with van der Waals surface area (Å²) in [6.45, 7) is 7.49. The van der Waals surface area contributed by atoms with Crippen molar-refractivity contribution in [3.8, 4) is 17.2 Å². The van der Waals surface area contributed by atoms with Gasteiger partial charge in [0.25, 0.3) is 40.5 Å². The van der Waals surface area contributed by atoms with E-state index in [1.807, 2.05) is 0 Å². The molecule has 1 unspecified atom stereocenters. The van der Waals surface area contributed by atoms with Crippen molar-refractivity contribution in [3.05, 3.63) is 89.5 Å². The number of alkyl halides is 6. The SMILES string of the molecule is CCC(C)c1ccc(S(=O)(=O)c2ccc(Oc3ccc(C(c4ccc(OC(C)(C)CC)c(S(=O)(=O)O)c4)(C(F)(F)F)C(F)(F)F)cc3S(=O)(=O)O)c(S(=O)(=O)O)c2)cc1S(=O)(=O)O. The fourth-order valence-corrected chi connectivity index (χ4v) is 10.4. The summed E-state index contributed by atoms with van der Waals surface area (Å²) in [5, 5.41) is 0. The molecule has 0 saturated carbocycles. The van der Waals surface area contributed by atoms with Crippen molar-refractivity contribution in [2.45, 2.75) is 106 Å². The predicted octanol–water partition coefficient (Wildman–Crippen LogP) is 7.79. The average Bonchev–Trinajstić information content (AvgIpc) is 3.12. The van der Waals surface area contributed by atoms with E-state index in [4.69, 9.17) is 9.47 Å². The highest BCUT2D eigenvalue weighted by Crippen LogP contribution is 2.57. The molecular weight excluding hydrogens is 963 g/mol. The lowest BCUT2D eigenvalue weighted by Crippen LogP contribution is -2.55. The van der Waals surface area contributed by atoms with Crippen LogP contribution in [0.25, 0.3) is 0 Å². The van der Waals surface area contributed by atoms with Crippen LogP contribution in [0.4, 0.5) is 26.3 Å². The van der Waals surface area contributed by atoms with Crippen molar-refractivity contribution < 1.29 is 96.1 Å². The number of hydrogen-bond donors (Lipinski definition) is 4. The fourth-order valence-electron chi connectivity index (χ4n) is 6.13. The van der Waals surface area contributed by atoms with E-state index in [9.17, 15) is 60.3 Å². The molecular formula is C36H36F6O16S5. The molecule has 0 bridgehead atoms. The number of benzene rings is 4. The van der Waals surface area contributed by atoms with Crippen LogP contribution in [0.3, 0.4) is 0 Å². The molecule has 16 nitrogen and oxygen atoms in total. The third-order valence-electron chi connectivity index (χ3n) is 9.84. The molecule has 0 aliphatic heterocycles. The lowest BCUT2D eigenvalue weighted by atomic mass is 9.73. The summed E-state index contributed by atoms with van der Waals surface area (Å²) in [5.74, 6) is -4.04. The van der Waals surface area contributed by atoms with Gasteiger partial charge in [-0.05, 0) is 104 Å². The maximum Gasteiger partial charge on any atom is 0.411 e. The molecule has 0 heterocycles. The summed E-state index contributed by atoms with van der Waals surface area (Å²) < 4.78 is 268. The lowest BCUT2D eigenvalue weighted by molar-refractivity contribution is -0.288. The Hall–Kier alpha value is -4.35. The van der Waals surface area contributed by atoms with Crippen LogP contribution >= 0.6 is 0 Å². The van der Waals surface area contributed by atoms with Gasteiger partial charge >= 0.3 is 12.4 Å². The Balaban J connectivity index is 2.00. The minimum atomic E-state index is -6.55. The van der Waals surface area contributed by atoms with Crippen molar-refractivity contribution in [3.63, 3.8) is 0 Å². The van der Waals surface area contributed by atoms with Crippen molar-refractivity contribution in [1.29, 1.82) is 0 Å². The number of sulfone groups is 1. The van der Waals surface area contributed by atoms with Crippen molar-refractivity contribution >= 4 is 50.3 Å². The second-order valence-corrected chi connectivity index (χ2v) is 21.9. The van der Waals surface area contributed by atoms with Gasteiger partial charge in [-0.1, -0.05) is 39.0 Å². The zero-order valence-electron chi connectivity index (χ0n) is 32.9. The lowest BCUT2D eigenvalue weighted by Gasteiger charge is -2.39. The first-order valence-corrected chi connectivity index (χ1v) is 24.8. The highest BCUT2D eigenvalue weighted by molar-refractivity contribution is 7.91. The van der Waals surface area contributed by atoms with Gasteiger partial charge in [0.1, 0.15) is 37.5 Å². The second-order valence-electron chi connectivity index (χ2n) is 14.4. The normalized spacial score (nSPS) is 14.3. The van der Waals surface area contributed by atoms with Crippen molar-refractivity contribution in [1.82, 2.24) is 0 Å². The zero-order valence-corrected chi connectivity index (χ0v) is 37.0. The zero-order chi connectivity index (χ0) is 48.3. The summed E-state index contributed by atoms with van der Waals surface area (Å²) >= 11 is 0. The molecule has 348 valence electrons. The molecule has 4 aromatic carbocycles. The van der Waals surface area contributed by atoms with E-state index >= 15 is 26.3 Å². The Morgan fingerprint density at radius 1 is 0.540 bits per heavy atom. The highest BCUT2D eigenvalue weighted by Gasteiger charge is 2.73. The fraction of sp³-hybridized carbons (Fsp3) is 0.333. The Morgan fingerprint density at radius 3 is 1.30 bits per heavy atom. The van der Waals surface area contributed by atoms with Gasteiger partial charge in [-0.3, -0.25) is 18.2 Å². The maximum atomic E-state index is 15.2. The third-order valence-corrected chi connectivity index (χ3v) is 15.1. The molecule has 0 radical (unpaired) electrons. The van der Waals surface area contributed by atoms with E-state index in [0.717, 1.165) is 12.1 Å². The molecule has 0 spiro atoms. The molecule has 0 amide bonds. The minimum Gasteiger partial charge on any atom is -0.486 e. The molecule has 63 heavy (non-hydrogen) atoms. The molecule has 4 N–H and O–H groups in total. The molecule has 0 aliphatic rings. The van der Waals surface area contributed by atoms with Gasteiger partial charge in [0, 0.05) is 0 Å². The van der Waals surface area contributed by atoms with Gasteiger partial charge in [0.05, 0.1) is 14.7 Å². The van der Waals surface area contributed by atoms with Crippen molar-refractivity contribution in [2.75, 3.05) is 0 Å². The monoisotopic (exact) mass is 998 g/mol. The van der Waals surface area contributed by atoms with Gasteiger partial charge in [0.15, 0.2) is 0 Å². The van der Waals surface area contributed by atoms with Gasteiger partial charge in [-0.25, -0.2) is 8.42 Å². The van der Waals surface area contributed by atoms with Gasteiger partial charge in [0.2, 0.25) is 15.3 Å². The van der Waals surface area contributed by atoms with Crippen LogP contribution in [-0.2, 0) is 55.7 Å². The minimum absolute atomic E-state index is 0.00610. The Morgan fingerprint density at radius 2 is 0.905 bits per heavy atom. The number of halogens is 6. The molecule has 0 aromatic heterocycles. The third kappa shape index (κ3) is 10.3. The Kier molecular flexibility index (Phi) is 13.8. The smallest absolute Gasteiger partial charge is 0.411 e. The molecule has 1 atom stereocenters. The molecule has 0 aliphatic carbocycles. The van der Waals surface area contributed by atoms with Crippen LogP contribution in [-0.4, -0.2) is 78.3 Å². The first-order valence-electron chi connectivity index (χ1n) is 17.6. The molecule has 27 heteroatoms. The maximum absolute atomic E-state index is 15.2. The first kappa shape index (κ1) is 51.3. The standard InChI is InChI=1S/C36H36F6O16S5/c1-6-20(3)25-12-10-23(18-29(25)60(45,46)47)59(43,44)24-11-15-27(32(19-24)63(54,55)56)57-26-13-8-21(16-30(26)61(48,49)50)34(35(37,38)39,36(40,41)42)22-9-14-28(58-33(4,5)7-2)31(17-22)62(51,52)53/h8-20H,6-7H2,1-5H3,(H,45,46,47)(H,48,49,50)(H,51,52,53)(H,54,55,56). The van der Waals surface area contributed by atoms with E-state index in [1.165, 1.54) is 20.8 Å². The van der Waals surface area contributed by atoms with Crippen LogP contribution in [0, 0.1) is 0 Å². The second kappa shape index (κ2) is 16.9. The summed E-state index contributed by atoms with van der Waals surface area (Å²) in [4.78, 5) is -7.67. The van der Waals surface area contributed by atoms with Gasteiger partial charge in [-0.2, -0.15) is 60.0 Å². The predicted molar refractivity (Wildman–Crippen MR) is 207 cm³/mol. The number of hydrogen-bond acceptors (Lipinski definition) is 12. The first-order chi connectivity index (χ1) is 28.3. The van der Waals surface area contributed by atoms with E-state index < -0.39 is 137 Å².